The molecular formula is C17H28F3IN4O3S. The topological polar surface area (TPSA) is 83.0 Å². The Balaban J connectivity index is 0.00000784. The molecule has 0 aliphatic rings. The first kappa shape index (κ1) is 27.7. The molecule has 0 aliphatic heterocycles. The van der Waals surface area contributed by atoms with E-state index in [0.29, 0.717) is 25.6 Å². The number of alkyl halides is 3. The van der Waals surface area contributed by atoms with Crippen LogP contribution in [0.15, 0.2) is 29.3 Å². The molecule has 1 aromatic carbocycles. The van der Waals surface area contributed by atoms with E-state index in [1.807, 2.05) is 0 Å². The summed E-state index contributed by atoms with van der Waals surface area (Å²) in [7, 11) is -1.76. The molecule has 0 atom stereocenters. The highest BCUT2D eigenvalue weighted by atomic mass is 127. The summed E-state index contributed by atoms with van der Waals surface area (Å²) in [5, 5.41) is 5.95. The molecule has 0 saturated heterocycles. The van der Waals surface area contributed by atoms with E-state index in [0.717, 1.165) is 5.56 Å². The Morgan fingerprint density at radius 1 is 1.14 bits per heavy atom. The predicted octanol–water partition coefficient (Wildman–Crippen LogP) is 2.58. The molecule has 29 heavy (non-hydrogen) atoms. The van der Waals surface area contributed by atoms with Gasteiger partial charge in [-0.2, -0.15) is 13.2 Å². The van der Waals surface area contributed by atoms with Crippen molar-refractivity contribution in [1.29, 1.82) is 0 Å². The number of nitrogens with one attached hydrogen (secondary N) is 2. The normalized spacial score (nSPS) is 12.4. The fourth-order valence-electron chi connectivity index (χ4n) is 2.32. The molecule has 1 aromatic rings. The summed E-state index contributed by atoms with van der Waals surface area (Å²) in [4.78, 5) is 4.02. The molecule has 0 saturated carbocycles. The minimum absolute atomic E-state index is 0. The van der Waals surface area contributed by atoms with Crippen molar-refractivity contribution in [3.63, 3.8) is 0 Å². The predicted molar refractivity (Wildman–Crippen MR) is 118 cm³/mol. The molecule has 0 fully saturated rings. The van der Waals surface area contributed by atoms with Crippen LogP contribution in [0.5, 0.6) is 5.75 Å². The van der Waals surface area contributed by atoms with Gasteiger partial charge in [-0.15, -0.1) is 24.0 Å². The Morgan fingerprint density at radius 3 is 2.21 bits per heavy atom. The van der Waals surface area contributed by atoms with Crippen LogP contribution < -0.4 is 15.4 Å². The monoisotopic (exact) mass is 552 g/mol. The van der Waals surface area contributed by atoms with Crippen molar-refractivity contribution in [1.82, 2.24) is 14.9 Å². The first-order valence-electron chi connectivity index (χ1n) is 8.82. The van der Waals surface area contributed by atoms with Crippen LogP contribution in [0.1, 0.15) is 19.4 Å². The molecule has 0 heterocycles. The van der Waals surface area contributed by atoms with E-state index < -0.39 is 22.8 Å². The van der Waals surface area contributed by atoms with Gasteiger partial charge in [0.15, 0.2) is 12.6 Å². The fraction of sp³-hybridized carbons (Fsp3) is 0.588. The Hall–Kier alpha value is -1.28. The molecule has 12 heteroatoms. The highest BCUT2D eigenvalue weighted by Crippen LogP contribution is 2.18. The van der Waals surface area contributed by atoms with Gasteiger partial charge in [-0.05, 0) is 17.7 Å². The van der Waals surface area contributed by atoms with E-state index in [1.165, 1.54) is 16.4 Å². The van der Waals surface area contributed by atoms with Crippen LogP contribution in [0.25, 0.3) is 0 Å². The van der Waals surface area contributed by atoms with Gasteiger partial charge in [0, 0.05) is 33.2 Å². The van der Waals surface area contributed by atoms with Gasteiger partial charge in [-0.1, -0.05) is 26.0 Å². The molecule has 0 radical (unpaired) electrons. The van der Waals surface area contributed by atoms with Gasteiger partial charge >= 0.3 is 6.18 Å². The first-order valence-corrected chi connectivity index (χ1v) is 10.4. The number of hydrogen-bond acceptors (Lipinski definition) is 4. The SMILES string of the molecule is CCN(CC)S(=O)(=O)CCNC(=NC)NCc1ccc(OCC(F)(F)F)cc1.I. The Morgan fingerprint density at radius 2 is 1.72 bits per heavy atom. The van der Waals surface area contributed by atoms with Crippen LogP contribution in [-0.4, -0.2) is 63.9 Å². The van der Waals surface area contributed by atoms with Crippen LogP contribution in [0.4, 0.5) is 13.2 Å². The smallest absolute Gasteiger partial charge is 0.422 e. The number of guanidine groups is 1. The van der Waals surface area contributed by atoms with Crippen LogP contribution in [0.2, 0.25) is 0 Å². The van der Waals surface area contributed by atoms with Crippen molar-refractivity contribution in [3.05, 3.63) is 29.8 Å². The van der Waals surface area contributed by atoms with Crippen LogP contribution in [0, 0.1) is 0 Å². The third kappa shape index (κ3) is 10.9. The molecule has 0 bridgehead atoms. The Bertz CT molecular complexity index is 724. The van der Waals surface area contributed by atoms with Crippen molar-refractivity contribution in [3.8, 4) is 5.75 Å². The van der Waals surface area contributed by atoms with Crippen LogP contribution in [-0.2, 0) is 16.6 Å². The first-order chi connectivity index (χ1) is 13.1. The molecular weight excluding hydrogens is 524 g/mol. The van der Waals surface area contributed by atoms with Crippen molar-refractivity contribution in [2.24, 2.45) is 4.99 Å². The quantitative estimate of drug-likeness (QED) is 0.265. The second-order valence-electron chi connectivity index (χ2n) is 5.80. The van der Waals surface area contributed by atoms with Gasteiger partial charge in [0.05, 0.1) is 5.75 Å². The summed E-state index contributed by atoms with van der Waals surface area (Å²) >= 11 is 0. The molecule has 0 aliphatic carbocycles. The lowest BCUT2D eigenvalue weighted by atomic mass is 10.2. The van der Waals surface area contributed by atoms with Gasteiger partial charge in [-0.3, -0.25) is 4.99 Å². The number of ether oxygens (including phenoxy) is 1. The van der Waals surface area contributed by atoms with Crippen LogP contribution in [0.3, 0.4) is 0 Å². The van der Waals surface area contributed by atoms with Crippen molar-refractivity contribution < 1.29 is 26.3 Å². The second-order valence-corrected chi connectivity index (χ2v) is 7.89. The zero-order valence-electron chi connectivity index (χ0n) is 16.6. The van der Waals surface area contributed by atoms with Crippen LogP contribution >= 0.6 is 24.0 Å². The van der Waals surface area contributed by atoms with E-state index >= 15 is 0 Å². The molecule has 168 valence electrons. The highest BCUT2D eigenvalue weighted by Gasteiger charge is 2.28. The van der Waals surface area contributed by atoms with Gasteiger partial charge in [0.25, 0.3) is 0 Å². The zero-order chi connectivity index (χ0) is 21.2. The van der Waals surface area contributed by atoms with Gasteiger partial charge < -0.3 is 15.4 Å². The molecule has 0 unspecified atom stereocenters. The van der Waals surface area contributed by atoms with E-state index in [4.69, 9.17) is 0 Å². The Kier molecular flexibility index (Phi) is 12.5. The summed E-state index contributed by atoms with van der Waals surface area (Å²) < 4.78 is 66.7. The van der Waals surface area contributed by atoms with E-state index in [1.54, 1.807) is 33.0 Å². The number of rotatable bonds is 10. The number of sulfonamides is 1. The molecule has 0 amide bonds. The second kappa shape index (κ2) is 13.1. The average molecular weight is 552 g/mol. The maximum atomic E-state index is 12.1. The lowest BCUT2D eigenvalue weighted by Crippen LogP contribution is -2.41. The summed E-state index contributed by atoms with van der Waals surface area (Å²) in [6, 6.07) is 6.18. The number of nitrogens with zero attached hydrogens (tertiary/aromatic N) is 2. The molecule has 2 N–H and O–H groups in total. The van der Waals surface area contributed by atoms with Crippen molar-refractivity contribution in [2.45, 2.75) is 26.6 Å². The van der Waals surface area contributed by atoms with Gasteiger partial charge in [-0.25, -0.2) is 12.7 Å². The number of benzene rings is 1. The van der Waals surface area contributed by atoms with Crippen molar-refractivity contribution in [2.75, 3.05) is 39.0 Å². The average Bonchev–Trinajstić information content (AvgIpc) is 2.63. The lowest BCUT2D eigenvalue weighted by Gasteiger charge is -2.19. The number of hydrogen-bond donors (Lipinski definition) is 2. The lowest BCUT2D eigenvalue weighted by molar-refractivity contribution is -0.153. The molecule has 0 aromatic heterocycles. The third-order valence-corrected chi connectivity index (χ3v) is 5.78. The Labute approximate surface area is 187 Å². The summed E-state index contributed by atoms with van der Waals surface area (Å²) in [5.74, 6) is 0.498. The van der Waals surface area contributed by atoms with E-state index in [9.17, 15) is 21.6 Å². The zero-order valence-corrected chi connectivity index (χ0v) is 19.8. The minimum atomic E-state index is -4.38. The largest absolute Gasteiger partial charge is 0.484 e. The maximum Gasteiger partial charge on any atom is 0.422 e. The van der Waals surface area contributed by atoms with E-state index in [2.05, 4.69) is 20.4 Å². The fourth-order valence-corrected chi connectivity index (χ4v) is 3.72. The summed E-state index contributed by atoms with van der Waals surface area (Å²) in [6.07, 6.45) is -4.38. The number of halogens is 4. The molecule has 1 rings (SSSR count). The third-order valence-electron chi connectivity index (χ3n) is 3.76. The molecule has 7 nitrogen and oxygen atoms in total. The molecule has 0 spiro atoms. The van der Waals surface area contributed by atoms with Crippen molar-refractivity contribution >= 4 is 40.0 Å². The van der Waals surface area contributed by atoms with Gasteiger partial charge in [0.2, 0.25) is 10.0 Å². The number of aliphatic imine (C=N–C) groups is 1. The minimum Gasteiger partial charge on any atom is -0.484 e. The van der Waals surface area contributed by atoms with Gasteiger partial charge in [0.1, 0.15) is 5.75 Å². The van der Waals surface area contributed by atoms with E-state index in [-0.39, 0.29) is 42.0 Å². The summed E-state index contributed by atoms with van der Waals surface area (Å²) in [6.45, 7) is 3.65. The highest BCUT2D eigenvalue weighted by molar-refractivity contribution is 14.0. The summed E-state index contributed by atoms with van der Waals surface area (Å²) in [5.41, 5.74) is 0.804. The standard InChI is InChI=1S/C17H27F3N4O3S.HI/c1-4-24(5-2)28(25,26)11-10-22-16(21-3)23-12-14-6-8-15(9-7-14)27-13-17(18,19)20;/h6-9H,4-5,10-13H2,1-3H3,(H2,21,22,23);1H. The maximum absolute atomic E-state index is 12.1.